The Morgan fingerprint density at radius 2 is 1.94 bits per heavy atom. The topological polar surface area (TPSA) is 53.4 Å². The maximum atomic E-state index is 12.0. The van der Waals surface area contributed by atoms with Crippen molar-refractivity contribution < 1.29 is 9.78 Å². The number of hydrogen-bond donors (Lipinski definition) is 0. The minimum atomic E-state index is -0.0489. The maximum Gasteiger partial charge on any atom is 0.259 e. The van der Waals surface area contributed by atoms with Gasteiger partial charge in [-0.15, -0.1) is 0 Å². The minimum absolute atomic E-state index is 0.0489. The Morgan fingerprint density at radius 3 is 2.50 bits per heavy atom. The van der Waals surface area contributed by atoms with Crippen molar-refractivity contribution in [3.8, 4) is 0 Å². The van der Waals surface area contributed by atoms with Crippen molar-refractivity contribution >= 4 is 0 Å². The molecule has 1 rings (SSSR count). The lowest BCUT2D eigenvalue weighted by molar-refractivity contribution is -0.300. The molecule has 16 heavy (non-hydrogen) atoms. The molecule has 0 amide bonds. The molecule has 0 N–H and O–H groups in total. The van der Waals surface area contributed by atoms with Crippen LogP contribution >= 0.6 is 0 Å². The molecule has 5 nitrogen and oxygen atoms in total. The Kier molecular flexibility index (Phi) is 4.64. The van der Waals surface area contributed by atoms with Crippen LogP contribution in [0.1, 0.15) is 30.9 Å². The predicted molar refractivity (Wildman–Crippen MR) is 60.1 cm³/mol. The predicted octanol–water partition coefficient (Wildman–Crippen LogP) is 1.35. The van der Waals surface area contributed by atoms with Crippen LogP contribution in [0.3, 0.4) is 0 Å². The van der Waals surface area contributed by atoms with Gasteiger partial charge in [0.05, 0.1) is 17.9 Å². The fourth-order valence-corrected chi connectivity index (χ4v) is 1.56. The largest absolute Gasteiger partial charge is 0.297 e. The standard InChI is InChI=1S/C11H18N2O3/c1-5-13-9(4)12-8(3)10(11(13)14)7-16-15-6-2/h5-7H2,1-4H3. The highest BCUT2D eigenvalue weighted by atomic mass is 17.2. The summed E-state index contributed by atoms with van der Waals surface area (Å²) in [6.45, 7) is 8.58. The summed E-state index contributed by atoms with van der Waals surface area (Å²) >= 11 is 0. The molecule has 0 aliphatic rings. The van der Waals surface area contributed by atoms with E-state index in [-0.39, 0.29) is 12.2 Å². The molecule has 0 unspecified atom stereocenters. The number of hydrogen-bond acceptors (Lipinski definition) is 4. The summed E-state index contributed by atoms with van der Waals surface area (Å²) in [5.41, 5.74) is 1.21. The van der Waals surface area contributed by atoms with Gasteiger partial charge in [-0.2, -0.15) is 0 Å². The van der Waals surface area contributed by atoms with Crippen molar-refractivity contribution in [2.45, 2.75) is 40.8 Å². The van der Waals surface area contributed by atoms with Gasteiger partial charge in [-0.3, -0.25) is 9.36 Å². The van der Waals surface area contributed by atoms with E-state index in [1.165, 1.54) is 0 Å². The molecule has 0 atom stereocenters. The molecule has 5 heteroatoms. The molecular formula is C11H18N2O3. The van der Waals surface area contributed by atoms with Crippen molar-refractivity contribution in [3.63, 3.8) is 0 Å². The van der Waals surface area contributed by atoms with Gasteiger partial charge in [0.25, 0.3) is 5.56 Å². The quantitative estimate of drug-likeness (QED) is 0.432. The Bertz CT molecular complexity index is 412. The third-order valence-corrected chi connectivity index (χ3v) is 2.38. The van der Waals surface area contributed by atoms with Crippen molar-refractivity contribution in [2.24, 2.45) is 0 Å². The van der Waals surface area contributed by atoms with Crippen LogP contribution in [-0.4, -0.2) is 16.2 Å². The van der Waals surface area contributed by atoms with Crippen LogP contribution in [0.2, 0.25) is 0 Å². The Balaban J connectivity index is 3.04. The summed E-state index contributed by atoms with van der Waals surface area (Å²) in [5.74, 6) is 0.727. The summed E-state index contributed by atoms with van der Waals surface area (Å²) in [6.07, 6.45) is 0. The molecule has 0 spiro atoms. The summed E-state index contributed by atoms with van der Waals surface area (Å²) in [5, 5.41) is 0. The van der Waals surface area contributed by atoms with E-state index in [4.69, 9.17) is 9.78 Å². The zero-order chi connectivity index (χ0) is 12.1. The van der Waals surface area contributed by atoms with Crippen LogP contribution in [0.15, 0.2) is 4.79 Å². The van der Waals surface area contributed by atoms with E-state index in [1.807, 2.05) is 20.8 Å². The lowest BCUT2D eigenvalue weighted by Crippen LogP contribution is -2.28. The molecule has 0 saturated carbocycles. The number of aryl methyl sites for hydroxylation is 2. The van der Waals surface area contributed by atoms with Crippen molar-refractivity contribution in [1.82, 2.24) is 9.55 Å². The number of rotatable bonds is 5. The zero-order valence-corrected chi connectivity index (χ0v) is 10.2. The fraction of sp³-hybridized carbons (Fsp3) is 0.636. The van der Waals surface area contributed by atoms with Crippen LogP contribution in [0.5, 0.6) is 0 Å². The monoisotopic (exact) mass is 226 g/mol. The highest BCUT2D eigenvalue weighted by molar-refractivity contribution is 5.16. The van der Waals surface area contributed by atoms with Gasteiger partial charge in [0, 0.05) is 6.54 Å². The minimum Gasteiger partial charge on any atom is -0.297 e. The molecule has 0 aromatic carbocycles. The van der Waals surface area contributed by atoms with E-state index < -0.39 is 0 Å². The van der Waals surface area contributed by atoms with E-state index in [2.05, 4.69) is 4.98 Å². The second-order valence-electron chi connectivity index (χ2n) is 3.44. The van der Waals surface area contributed by atoms with Crippen molar-refractivity contribution in [2.75, 3.05) is 6.61 Å². The molecule has 1 aromatic heterocycles. The van der Waals surface area contributed by atoms with E-state index in [1.54, 1.807) is 11.5 Å². The molecule has 90 valence electrons. The average molecular weight is 226 g/mol. The molecule has 1 aromatic rings. The van der Waals surface area contributed by atoms with Gasteiger partial charge in [-0.1, -0.05) is 0 Å². The molecule has 0 fully saturated rings. The lowest BCUT2D eigenvalue weighted by atomic mass is 10.2. The van der Waals surface area contributed by atoms with Gasteiger partial charge < -0.3 is 0 Å². The van der Waals surface area contributed by atoms with Crippen molar-refractivity contribution in [1.29, 1.82) is 0 Å². The highest BCUT2D eigenvalue weighted by Crippen LogP contribution is 2.03. The third kappa shape index (κ3) is 2.68. The average Bonchev–Trinajstić information content (AvgIpc) is 2.23. The molecule has 0 bridgehead atoms. The van der Waals surface area contributed by atoms with E-state index >= 15 is 0 Å². The molecule has 0 saturated heterocycles. The first-order chi connectivity index (χ1) is 7.61. The van der Waals surface area contributed by atoms with Gasteiger partial charge >= 0.3 is 0 Å². The molecule has 1 heterocycles. The first kappa shape index (κ1) is 12.9. The van der Waals surface area contributed by atoms with Gasteiger partial charge in [-0.05, 0) is 27.7 Å². The van der Waals surface area contributed by atoms with Crippen LogP contribution in [0.4, 0.5) is 0 Å². The first-order valence-corrected chi connectivity index (χ1v) is 5.43. The first-order valence-electron chi connectivity index (χ1n) is 5.43. The molecule has 0 radical (unpaired) electrons. The Morgan fingerprint density at radius 1 is 1.25 bits per heavy atom. The smallest absolute Gasteiger partial charge is 0.259 e. The normalized spacial score (nSPS) is 10.8. The van der Waals surface area contributed by atoms with E-state index in [0.717, 1.165) is 5.82 Å². The summed E-state index contributed by atoms with van der Waals surface area (Å²) < 4.78 is 1.62. The second kappa shape index (κ2) is 5.77. The lowest BCUT2D eigenvalue weighted by Gasteiger charge is -2.11. The van der Waals surface area contributed by atoms with Crippen molar-refractivity contribution in [3.05, 3.63) is 27.4 Å². The van der Waals surface area contributed by atoms with Crippen LogP contribution < -0.4 is 5.56 Å². The molecule has 0 aliphatic heterocycles. The fourth-order valence-electron chi connectivity index (χ4n) is 1.56. The van der Waals surface area contributed by atoms with E-state index in [0.29, 0.717) is 24.4 Å². The third-order valence-electron chi connectivity index (χ3n) is 2.38. The zero-order valence-electron chi connectivity index (χ0n) is 10.2. The van der Waals surface area contributed by atoms with Crippen LogP contribution in [-0.2, 0) is 22.9 Å². The number of aromatic nitrogens is 2. The maximum absolute atomic E-state index is 12.0. The van der Waals surface area contributed by atoms with Gasteiger partial charge in [0.1, 0.15) is 12.4 Å². The van der Waals surface area contributed by atoms with Gasteiger partial charge in [0.2, 0.25) is 0 Å². The SMILES string of the molecule is CCOOCc1c(C)nc(C)n(CC)c1=O. The van der Waals surface area contributed by atoms with Gasteiger partial charge in [-0.25, -0.2) is 14.8 Å². The van der Waals surface area contributed by atoms with Crippen LogP contribution in [0.25, 0.3) is 0 Å². The summed E-state index contributed by atoms with van der Waals surface area (Å²) in [7, 11) is 0. The highest BCUT2D eigenvalue weighted by Gasteiger charge is 2.11. The van der Waals surface area contributed by atoms with E-state index in [9.17, 15) is 4.79 Å². The molecule has 0 aliphatic carbocycles. The van der Waals surface area contributed by atoms with Crippen LogP contribution in [0, 0.1) is 13.8 Å². The second-order valence-corrected chi connectivity index (χ2v) is 3.44. The Labute approximate surface area is 95.0 Å². The summed E-state index contributed by atoms with van der Waals surface area (Å²) in [6, 6.07) is 0. The Hall–Kier alpha value is -1.20. The number of nitrogens with zero attached hydrogens (tertiary/aromatic N) is 2. The summed E-state index contributed by atoms with van der Waals surface area (Å²) in [4.78, 5) is 26.0. The van der Waals surface area contributed by atoms with Gasteiger partial charge in [0.15, 0.2) is 0 Å². The molecular weight excluding hydrogens is 208 g/mol.